The second-order valence-corrected chi connectivity index (χ2v) is 7.27. The molecule has 0 aliphatic rings. The summed E-state index contributed by atoms with van der Waals surface area (Å²) in [7, 11) is 1.43. The Labute approximate surface area is 188 Å². The van der Waals surface area contributed by atoms with Gasteiger partial charge in [-0.2, -0.15) is 5.26 Å². The number of methoxy groups -OCH3 is 1. The van der Waals surface area contributed by atoms with Crippen molar-refractivity contribution >= 4 is 28.2 Å². The number of nitrogens with one attached hydrogen (secondary N) is 1. The average Bonchev–Trinajstić information content (AvgIpc) is 3.21. The first-order valence-electron chi connectivity index (χ1n) is 9.52. The lowest BCUT2D eigenvalue weighted by Crippen LogP contribution is -2.21. The Balaban J connectivity index is 1.79. The molecule has 1 amide bonds. The number of nitrogens with zero attached hydrogens (tertiary/aromatic N) is 1. The number of carbonyl (C=O) groups is 2. The van der Waals surface area contributed by atoms with Gasteiger partial charge in [-0.1, -0.05) is 12.1 Å². The zero-order valence-corrected chi connectivity index (χ0v) is 18.1. The lowest BCUT2D eigenvalue weighted by Gasteiger charge is -2.11. The number of esters is 1. The zero-order chi connectivity index (χ0) is 23.1. The molecule has 1 aromatic heterocycles. The van der Waals surface area contributed by atoms with Crippen LogP contribution in [0.3, 0.4) is 0 Å². The molecule has 0 saturated carbocycles. The van der Waals surface area contributed by atoms with E-state index in [1.807, 2.05) is 6.07 Å². The van der Waals surface area contributed by atoms with E-state index in [-0.39, 0.29) is 18.8 Å². The van der Waals surface area contributed by atoms with Crippen LogP contribution in [0.4, 0.5) is 9.39 Å². The predicted molar refractivity (Wildman–Crippen MR) is 118 cm³/mol. The van der Waals surface area contributed by atoms with Crippen LogP contribution < -0.4 is 14.8 Å². The van der Waals surface area contributed by atoms with Gasteiger partial charge in [-0.05, 0) is 36.8 Å². The summed E-state index contributed by atoms with van der Waals surface area (Å²) in [5, 5.41) is 13.6. The lowest BCUT2D eigenvalue weighted by atomic mass is 10.0. The third-order valence-electron chi connectivity index (χ3n) is 4.33. The first-order valence-corrected chi connectivity index (χ1v) is 10.4. The minimum atomic E-state index is -0.599. The quantitative estimate of drug-likeness (QED) is 0.499. The monoisotopic (exact) mass is 454 g/mol. The second kappa shape index (κ2) is 10.4. The van der Waals surface area contributed by atoms with E-state index in [4.69, 9.17) is 19.5 Å². The van der Waals surface area contributed by atoms with Crippen LogP contribution >= 0.6 is 11.3 Å². The molecule has 0 aliphatic heterocycles. The maximum Gasteiger partial charge on any atom is 0.341 e. The minimum absolute atomic E-state index is 0.159. The maximum absolute atomic E-state index is 13.3. The van der Waals surface area contributed by atoms with Gasteiger partial charge in [0, 0.05) is 17.0 Å². The van der Waals surface area contributed by atoms with E-state index >= 15 is 0 Å². The number of benzene rings is 2. The van der Waals surface area contributed by atoms with Crippen molar-refractivity contribution in [2.75, 3.05) is 25.6 Å². The minimum Gasteiger partial charge on any atom is -0.493 e. The van der Waals surface area contributed by atoms with E-state index in [1.54, 1.807) is 30.5 Å². The van der Waals surface area contributed by atoms with Crippen LogP contribution in [0.15, 0.2) is 47.8 Å². The maximum atomic E-state index is 13.3. The molecule has 0 spiro atoms. The highest BCUT2D eigenvalue weighted by Gasteiger charge is 2.23. The molecule has 3 rings (SSSR count). The summed E-state index contributed by atoms with van der Waals surface area (Å²) in [6, 6.07) is 12.2. The molecule has 3 aromatic rings. The number of hydrogen-bond donors (Lipinski definition) is 1. The van der Waals surface area contributed by atoms with Crippen LogP contribution in [-0.2, 0) is 9.53 Å². The van der Waals surface area contributed by atoms with Crippen LogP contribution in [0.5, 0.6) is 11.5 Å². The molecule has 1 N–H and O–H groups in total. The summed E-state index contributed by atoms with van der Waals surface area (Å²) in [5.74, 6) is -0.887. The molecule has 0 unspecified atom stereocenters. The standard InChI is InChI=1S/C23H19FN2O5S/c1-3-30-23(28)21-17(15-5-7-16(24)8-6-15)13-32-22(21)26-20(27)12-31-18-9-4-14(11-25)10-19(18)29-2/h4-10,13H,3,12H2,1-2H3,(H,26,27). The van der Waals surface area contributed by atoms with Gasteiger partial charge in [0.1, 0.15) is 16.4 Å². The highest BCUT2D eigenvalue weighted by Crippen LogP contribution is 2.36. The molecule has 2 aromatic carbocycles. The summed E-state index contributed by atoms with van der Waals surface area (Å²) in [6.07, 6.45) is 0. The van der Waals surface area contributed by atoms with Crippen LogP contribution in [0.1, 0.15) is 22.8 Å². The fraction of sp³-hybridized carbons (Fsp3) is 0.174. The van der Waals surface area contributed by atoms with Crippen molar-refractivity contribution in [2.45, 2.75) is 6.92 Å². The number of nitriles is 1. The number of ether oxygens (including phenoxy) is 3. The molecule has 164 valence electrons. The van der Waals surface area contributed by atoms with Crippen molar-refractivity contribution in [3.63, 3.8) is 0 Å². The fourth-order valence-electron chi connectivity index (χ4n) is 2.86. The predicted octanol–water partition coefficient (Wildman–Crippen LogP) is 4.63. The fourth-order valence-corrected chi connectivity index (χ4v) is 3.83. The van der Waals surface area contributed by atoms with Gasteiger partial charge in [-0.25, -0.2) is 9.18 Å². The van der Waals surface area contributed by atoms with Crippen LogP contribution in [0, 0.1) is 17.1 Å². The van der Waals surface area contributed by atoms with E-state index in [1.165, 1.54) is 31.4 Å². The molecule has 7 nitrogen and oxygen atoms in total. The van der Waals surface area contributed by atoms with Gasteiger partial charge in [-0.15, -0.1) is 11.3 Å². The zero-order valence-electron chi connectivity index (χ0n) is 17.3. The van der Waals surface area contributed by atoms with Gasteiger partial charge in [0.25, 0.3) is 5.91 Å². The van der Waals surface area contributed by atoms with E-state index in [0.29, 0.717) is 33.2 Å². The lowest BCUT2D eigenvalue weighted by molar-refractivity contribution is -0.118. The van der Waals surface area contributed by atoms with Crippen molar-refractivity contribution in [2.24, 2.45) is 0 Å². The smallest absolute Gasteiger partial charge is 0.341 e. The van der Waals surface area contributed by atoms with Crippen molar-refractivity contribution in [1.29, 1.82) is 5.26 Å². The third kappa shape index (κ3) is 5.22. The summed E-state index contributed by atoms with van der Waals surface area (Å²) in [4.78, 5) is 25.1. The van der Waals surface area contributed by atoms with Crippen molar-refractivity contribution in [3.05, 3.63) is 64.8 Å². The van der Waals surface area contributed by atoms with Gasteiger partial charge in [0.2, 0.25) is 0 Å². The number of thiophene rings is 1. The Hall–Kier alpha value is -3.90. The molecule has 1 heterocycles. The largest absolute Gasteiger partial charge is 0.493 e. The van der Waals surface area contributed by atoms with Gasteiger partial charge in [0.15, 0.2) is 18.1 Å². The summed E-state index contributed by atoms with van der Waals surface area (Å²) >= 11 is 1.15. The SMILES string of the molecule is CCOC(=O)c1c(-c2ccc(F)cc2)csc1NC(=O)COc1ccc(C#N)cc1OC. The average molecular weight is 454 g/mol. The molecular weight excluding hydrogens is 435 g/mol. The van der Waals surface area contributed by atoms with Crippen molar-refractivity contribution < 1.29 is 28.2 Å². The highest BCUT2D eigenvalue weighted by atomic mass is 32.1. The number of hydrogen-bond acceptors (Lipinski definition) is 7. The Morgan fingerprint density at radius 1 is 1.16 bits per heavy atom. The highest BCUT2D eigenvalue weighted by molar-refractivity contribution is 7.15. The van der Waals surface area contributed by atoms with Gasteiger partial charge >= 0.3 is 5.97 Å². The van der Waals surface area contributed by atoms with Gasteiger partial charge < -0.3 is 19.5 Å². The topological polar surface area (TPSA) is 97.6 Å². The summed E-state index contributed by atoms with van der Waals surface area (Å²) in [5.41, 5.74) is 1.72. The molecular formula is C23H19FN2O5S. The molecule has 9 heteroatoms. The van der Waals surface area contributed by atoms with E-state index < -0.39 is 17.7 Å². The molecule has 0 bridgehead atoms. The summed E-state index contributed by atoms with van der Waals surface area (Å²) in [6.45, 7) is 1.49. The molecule has 0 fully saturated rings. The summed E-state index contributed by atoms with van der Waals surface area (Å²) < 4.78 is 29.1. The number of amides is 1. The van der Waals surface area contributed by atoms with Crippen molar-refractivity contribution in [1.82, 2.24) is 0 Å². The second-order valence-electron chi connectivity index (χ2n) is 6.40. The number of halogens is 1. The van der Waals surface area contributed by atoms with E-state index in [9.17, 15) is 14.0 Å². The molecule has 0 saturated heterocycles. The van der Waals surface area contributed by atoms with Crippen molar-refractivity contribution in [3.8, 4) is 28.7 Å². The molecule has 32 heavy (non-hydrogen) atoms. The van der Waals surface area contributed by atoms with Crippen LogP contribution in [-0.4, -0.2) is 32.2 Å². The van der Waals surface area contributed by atoms with Gasteiger partial charge in [0.05, 0.1) is 25.3 Å². The first kappa shape index (κ1) is 22.8. The van der Waals surface area contributed by atoms with Crippen LogP contribution in [0.25, 0.3) is 11.1 Å². The number of rotatable bonds is 8. The molecule has 0 atom stereocenters. The number of carbonyl (C=O) groups excluding carboxylic acids is 2. The van der Waals surface area contributed by atoms with E-state index in [0.717, 1.165) is 11.3 Å². The number of anilines is 1. The Morgan fingerprint density at radius 3 is 2.56 bits per heavy atom. The van der Waals surface area contributed by atoms with E-state index in [2.05, 4.69) is 5.32 Å². The van der Waals surface area contributed by atoms with Crippen LogP contribution in [0.2, 0.25) is 0 Å². The Kier molecular flexibility index (Phi) is 7.41. The normalized spacial score (nSPS) is 10.2. The van der Waals surface area contributed by atoms with Gasteiger partial charge in [-0.3, -0.25) is 4.79 Å². The third-order valence-corrected chi connectivity index (χ3v) is 5.23. The molecule has 0 aliphatic carbocycles. The Morgan fingerprint density at radius 2 is 1.91 bits per heavy atom. The molecule has 0 radical (unpaired) electrons. The Bertz CT molecular complexity index is 1170. The first-order chi connectivity index (χ1) is 15.5.